The van der Waals surface area contributed by atoms with Gasteiger partial charge in [-0.15, -0.1) is 0 Å². The van der Waals surface area contributed by atoms with Crippen molar-refractivity contribution in [1.82, 2.24) is 4.57 Å². The van der Waals surface area contributed by atoms with Crippen LogP contribution in [0.15, 0.2) is 133 Å². The molecule has 8 aromatic rings. The lowest BCUT2D eigenvalue weighted by molar-refractivity contribution is 0.590. The summed E-state index contributed by atoms with van der Waals surface area (Å²) in [6.45, 7) is 23.0. The quantitative estimate of drug-likeness (QED) is 0.176. The van der Waals surface area contributed by atoms with Gasteiger partial charge in [0.1, 0.15) is 0 Å². The van der Waals surface area contributed by atoms with Gasteiger partial charge in [0.25, 0.3) is 0 Å². The molecule has 274 valence electrons. The third-order valence-electron chi connectivity index (χ3n) is 12.2. The van der Waals surface area contributed by atoms with Crippen molar-refractivity contribution in [2.24, 2.45) is 0 Å². The molecule has 55 heavy (non-hydrogen) atoms. The molecule has 0 N–H and O–H groups in total. The van der Waals surface area contributed by atoms with Crippen LogP contribution in [0, 0.1) is 13.8 Å². The van der Waals surface area contributed by atoms with Crippen LogP contribution in [0.1, 0.15) is 88.8 Å². The summed E-state index contributed by atoms with van der Waals surface area (Å²) in [4.78, 5) is 2.45. The van der Waals surface area contributed by atoms with Gasteiger partial charge in [0.2, 0.25) is 0 Å². The normalized spacial score (nSPS) is 13.8. The maximum Gasteiger partial charge on any atom is 0.0543 e. The predicted molar refractivity (Wildman–Crippen MR) is 237 cm³/mol. The van der Waals surface area contributed by atoms with E-state index in [0.717, 1.165) is 5.69 Å². The highest BCUT2D eigenvalue weighted by Crippen LogP contribution is 2.55. The second kappa shape index (κ2) is 12.2. The molecule has 0 atom stereocenters. The van der Waals surface area contributed by atoms with Crippen molar-refractivity contribution >= 4 is 49.6 Å². The van der Waals surface area contributed by atoms with Crippen LogP contribution in [-0.4, -0.2) is 4.57 Å². The summed E-state index contributed by atoms with van der Waals surface area (Å²) < 4.78 is 2.50. The highest BCUT2D eigenvalue weighted by Gasteiger charge is 2.38. The monoisotopic (exact) mass is 716 g/mol. The van der Waals surface area contributed by atoms with Gasteiger partial charge in [0.15, 0.2) is 0 Å². The fourth-order valence-electron chi connectivity index (χ4n) is 9.00. The van der Waals surface area contributed by atoms with Crippen LogP contribution in [0.4, 0.5) is 17.1 Å². The molecule has 0 saturated carbocycles. The van der Waals surface area contributed by atoms with Gasteiger partial charge in [-0.3, -0.25) is 0 Å². The molecule has 7 aromatic carbocycles. The van der Waals surface area contributed by atoms with Crippen molar-refractivity contribution in [2.45, 2.75) is 85.5 Å². The molecule has 1 aliphatic carbocycles. The minimum atomic E-state index is -0.234. The molecule has 0 spiro atoms. The Morgan fingerprint density at radius 3 is 1.71 bits per heavy atom. The van der Waals surface area contributed by atoms with E-state index in [0.29, 0.717) is 0 Å². The molecule has 0 radical (unpaired) electrons. The molecule has 0 fully saturated rings. The number of aromatic nitrogens is 1. The zero-order chi connectivity index (χ0) is 38.6. The third-order valence-corrected chi connectivity index (χ3v) is 12.2. The van der Waals surface area contributed by atoms with Gasteiger partial charge in [-0.05, 0) is 136 Å². The van der Waals surface area contributed by atoms with Gasteiger partial charge in [-0.25, -0.2) is 0 Å². The number of benzene rings is 7. The molecule has 0 bridgehead atoms. The SMILES string of the molecule is Cc1ccc(N(c2cccc(C)c2)c2cc3c(c4ccccc24)-c2ccc(-n4c5ccc(C(C)(C)C)cc5c5cc(C(C)(C)C)ccc54)cc2C3(C)C)cc1. The van der Waals surface area contributed by atoms with Crippen molar-refractivity contribution in [3.8, 4) is 16.8 Å². The molecule has 9 rings (SSSR count). The van der Waals surface area contributed by atoms with Crippen molar-refractivity contribution in [3.05, 3.63) is 167 Å². The number of anilines is 3. The van der Waals surface area contributed by atoms with Gasteiger partial charge in [0, 0.05) is 38.6 Å². The van der Waals surface area contributed by atoms with E-state index in [-0.39, 0.29) is 16.2 Å². The first-order chi connectivity index (χ1) is 26.1. The Morgan fingerprint density at radius 2 is 1.11 bits per heavy atom. The summed E-state index contributed by atoms with van der Waals surface area (Å²) >= 11 is 0. The second-order valence-electron chi connectivity index (χ2n) is 18.5. The van der Waals surface area contributed by atoms with Gasteiger partial charge < -0.3 is 9.47 Å². The van der Waals surface area contributed by atoms with Crippen LogP contribution in [0.2, 0.25) is 0 Å². The zero-order valence-corrected chi connectivity index (χ0v) is 34.1. The van der Waals surface area contributed by atoms with Crippen molar-refractivity contribution < 1.29 is 0 Å². The van der Waals surface area contributed by atoms with Gasteiger partial charge in [-0.1, -0.05) is 128 Å². The van der Waals surface area contributed by atoms with Crippen LogP contribution < -0.4 is 4.90 Å². The van der Waals surface area contributed by atoms with Crippen LogP contribution >= 0.6 is 0 Å². The van der Waals surface area contributed by atoms with E-state index in [4.69, 9.17) is 0 Å². The highest BCUT2D eigenvalue weighted by atomic mass is 15.1. The third kappa shape index (κ3) is 5.60. The highest BCUT2D eigenvalue weighted by molar-refractivity contribution is 6.12. The summed E-state index contributed by atoms with van der Waals surface area (Å²) in [6, 6.07) is 50.8. The van der Waals surface area contributed by atoms with Crippen molar-refractivity contribution in [1.29, 1.82) is 0 Å². The van der Waals surface area contributed by atoms with Gasteiger partial charge in [-0.2, -0.15) is 0 Å². The fraction of sp³-hybridized carbons (Fsp3) is 0.245. The molecular weight excluding hydrogens is 665 g/mol. The van der Waals surface area contributed by atoms with Crippen LogP contribution in [-0.2, 0) is 16.2 Å². The maximum absolute atomic E-state index is 2.50. The Bertz CT molecular complexity index is 2740. The number of hydrogen-bond donors (Lipinski definition) is 0. The van der Waals surface area contributed by atoms with Gasteiger partial charge >= 0.3 is 0 Å². The second-order valence-corrected chi connectivity index (χ2v) is 18.5. The first-order valence-electron chi connectivity index (χ1n) is 19.9. The van der Waals surface area contributed by atoms with E-state index < -0.39 is 0 Å². The van der Waals surface area contributed by atoms with Crippen molar-refractivity contribution in [2.75, 3.05) is 4.90 Å². The molecule has 2 heteroatoms. The molecule has 0 saturated heterocycles. The largest absolute Gasteiger partial charge is 0.310 e. The van der Waals surface area contributed by atoms with Crippen molar-refractivity contribution in [3.63, 3.8) is 0 Å². The summed E-state index contributed by atoms with van der Waals surface area (Å²) in [5.74, 6) is 0. The summed E-state index contributed by atoms with van der Waals surface area (Å²) in [7, 11) is 0. The van der Waals surface area contributed by atoms with E-state index in [1.54, 1.807) is 0 Å². The smallest absolute Gasteiger partial charge is 0.0543 e. The number of hydrogen-bond acceptors (Lipinski definition) is 1. The molecule has 1 aromatic heterocycles. The van der Waals surface area contributed by atoms with Crippen LogP contribution in [0.5, 0.6) is 0 Å². The molecule has 0 unspecified atom stereocenters. The number of fused-ring (bicyclic) bond motifs is 8. The molecule has 1 heterocycles. The summed E-state index contributed by atoms with van der Waals surface area (Å²) in [5.41, 5.74) is 17.8. The first-order valence-corrected chi connectivity index (χ1v) is 19.9. The lowest BCUT2D eigenvalue weighted by Crippen LogP contribution is -2.17. The van der Waals surface area contributed by atoms with E-state index in [1.807, 2.05) is 0 Å². The standard InChI is InChI=1S/C53H52N2/c1-33-18-22-37(23-19-33)54(38-15-13-14-34(2)28-38)49-32-46-50(41-17-12-11-16-40(41)49)42-25-24-39(31-45(42)53(46,9)10)55-47-26-20-35(51(3,4)5)29-43(47)44-30-36(52(6,7)8)21-27-48(44)55/h11-32H,1-10H3. The summed E-state index contributed by atoms with van der Waals surface area (Å²) in [5, 5.41) is 5.18. The minimum Gasteiger partial charge on any atom is -0.310 e. The molecule has 0 aliphatic heterocycles. The number of rotatable bonds is 4. The lowest BCUT2D eigenvalue weighted by Gasteiger charge is -2.30. The van der Waals surface area contributed by atoms with Crippen LogP contribution in [0.3, 0.4) is 0 Å². The fourth-order valence-corrected chi connectivity index (χ4v) is 9.00. The molecular formula is C53H52N2. The topological polar surface area (TPSA) is 8.17 Å². The molecule has 1 aliphatic rings. The Kier molecular flexibility index (Phi) is 7.79. The average Bonchev–Trinajstić information content (AvgIpc) is 3.59. The Morgan fingerprint density at radius 1 is 0.491 bits per heavy atom. The molecule has 0 amide bonds. The maximum atomic E-state index is 2.50. The first kappa shape index (κ1) is 35.1. The molecule has 2 nitrogen and oxygen atoms in total. The van der Waals surface area contributed by atoms with E-state index in [1.165, 1.54) is 94.1 Å². The van der Waals surface area contributed by atoms with E-state index in [9.17, 15) is 0 Å². The van der Waals surface area contributed by atoms with E-state index in [2.05, 4.69) is 212 Å². The predicted octanol–water partition coefficient (Wildman–Crippen LogP) is 14.9. The minimum absolute atomic E-state index is 0.0591. The summed E-state index contributed by atoms with van der Waals surface area (Å²) in [6.07, 6.45) is 0. The Hall–Kier alpha value is -5.60. The Labute approximate surface area is 327 Å². The Balaban J connectivity index is 1.27. The lowest BCUT2D eigenvalue weighted by atomic mass is 9.81. The van der Waals surface area contributed by atoms with Gasteiger partial charge in [0.05, 0.1) is 16.7 Å². The number of nitrogens with zero attached hydrogens (tertiary/aromatic N) is 2. The van der Waals surface area contributed by atoms with Crippen LogP contribution in [0.25, 0.3) is 49.4 Å². The zero-order valence-electron chi connectivity index (χ0n) is 34.1. The van der Waals surface area contributed by atoms with E-state index >= 15 is 0 Å². The number of aryl methyl sites for hydroxylation is 2. The average molecular weight is 717 g/mol.